The van der Waals surface area contributed by atoms with Crippen molar-refractivity contribution in [3.63, 3.8) is 0 Å². The lowest BCUT2D eigenvalue weighted by Crippen LogP contribution is -2.35. The molecular weight excluding hydrogens is 384 g/mol. The van der Waals surface area contributed by atoms with Gasteiger partial charge in [-0.3, -0.25) is 5.01 Å². The van der Waals surface area contributed by atoms with Gasteiger partial charge in [-0.25, -0.2) is 0 Å². The molecule has 2 atom stereocenters. The maximum atomic E-state index is 5.23. The SMILES string of the molecule is C=C/C(=C\C=C/C)C1C(c2ccccc2)=NN(CC2CCC(CCC)CC2)C1SC. The summed E-state index contributed by atoms with van der Waals surface area (Å²) in [6.45, 7) is 9.59. The van der Waals surface area contributed by atoms with Gasteiger partial charge in [0, 0.05) is 6.54 Å². The number of hydrazone groups is 1. The maximum Gasteiger partial charge on any atom is 0.104 e. The lowest BCUT2D eigenvalue weighted by Gasteiger charge is -2.33. The van der Waals surface area contributed by atoms with E-state index < -0.39 is 0 Å². The summed E-state index contributed by atoms with van der Waals surface area (Å²) >= 11 is 1.92. The van der Waals surface area contributed by atoms with Crippen LogP contribution in [0.3, 0.4) is 0 Å². The highest BCUT2D eigenvalue weighted by Gasteiger charge is 2.39. The lowest BCUT2D eigenvalue weighted by molar-refractivity contribution is 0.177. The van der Waals surface area contributed by atoms with Crippen molar-refractivity contribution >= 4 is 17.5 Å². The number of nitrogens with zero attached hydrogens (tertiary/aromatic N) is 2. The molecule has 2 unspecified atom stereocenters. The third-order valence-electron chi connectivity index (χ3n) is 6.61. The molecule has 1 aliphatic heterocycles. The van der Waals surface area contributed by atoms with Crippen LogP contribution in [-0.4, -0.2) is 28.9 Å². The predicted molar refractivity (Wildman–Crippen MR) is 134 cm³/mol. The van der Waals surface area contributed by atoms with E-state index in [1.807, 2.05) is 17.8 Å². The molecule has 0 N–H and O–H groups in total. The van der Waals surface area contributed by atoms with Crippen molar-refractivity contribution in [2.24, 2.45) is 22.9 Å². The highest BCUT2D eigenvalue weighted by atomic mass is 32.2. The normalized spacial score (nSPS) is 27.5. The summed E-state index contributed by atoms with van der Waals surface area (Å²) in [7, 11) is 0. The smallest absolute Gasteiger partial charge is 0.104 e. The fourth-order valence-corrected chi connectivity index (χ4v) is 5.95. The van der Waals surface area contributed by atoms with Crippen molar-refractivity contribution in [3.05, 3.63) is 72.4 Å². The highest BCUT2D eigenvalue weighted by Crippen LogP contribution is 2.39. The van der Waals surface area contributed by atoms with E-state index in [4.69, 9.17) is 5.10 Å². The third kappa shape index (κ3) is 5.49. The van der Waals surface area contributed by atoms with E-state index in [1.165, 1.54) is 55.4 Å². The number of allylic oxidation sites excluding steroid dienone is 4. The minimum absolute atomic E-state index is 0.243. The molecule has 0 aromatic heterocycles. The molecule has 0 amide bonds. The standard InChI is InChI=1S/C27H38N2S/c1-5-8-13-23(7-3)25-26(24-14-10-9-11-15-24)28-29(27(25)30-4)20-22-18-16-21(12-6-2)17-19-22/h5,7-11,13-15,21-22,25,27H,3,6,12,16-20H2,1-2,4H3/b8-5-,23-13+. The number of benzene rings is 1. The zero-order valence-electron chi connectivity index (χ0n) is 19.0. The van der Waals surface area contributed by atoms with Crippen LogP contribution in [0, 0.1) is 17.8 Å². The van der Waals surface area contributed by atoms with Crippen LogP contribution >= 0.6 is 11.8 Å². The molecule has 0 bridgehead atoms. The summed E-state index contributed by atoms with van der Waals surface area (Å²) in [5.74, 6) is 1.96. The van der Waals surface area contributed by atoms with Crippen molar-refractivity contribution in [2.45, 2.75) is 57.7 Å². The number of rotatable bonds is 9. The molecule has 0 radical (unpaired) electrons. The third-order valence-corrected chi connectivity index (χ3v) is 7.60. The predicted octanol–water partition coefficient (Wildman–Crippen LogP) is 7.31. The van der Waals surface area contributed by atoms with E-state index in [0.29, 0.717) is 5.37 Å². The zero-order valence-corrected chi connectivity index (χ0v) is 19.8. The van der Waals surface area contributed by atoms with Crippen LogP contribution in [0.1, 0.15) is 57.9 Å². The first-order valence-corrected chi connectivity index (χ1v) is 12.9. The van der Waals surface area contributed by atoms with Crippen LogP contribution < -0.4 is 0 Å². The molecular formula is C27H38N2S. The van der Waals surface area contributed by atoms with Crippen LogP contribution in [0.5, 0.6) is 0 Å². The van der Waals surface area contributed by atoms with Gasteiger partial charge >= 0.3 is 0 Å². The van der Waals surface area contributed by atoms with Gasteiger partial charge in [0.05, 0.1) is 11.6 Å². The minimum atomic E-state index is 0.243. The van der Waals surface area contributed by atoms with Crippen LogP contribution in [0.2, 0.25) is 0 Å². The average molecular weight is 423 g/mol. The Morgan fingerprint density at radius 2 is 1.87 bits per heavy atom. The van der Waals surface area contributed by atoms with Gasteiger partial charge in [0.1, 0.15) is 5.37 Å². The topological polar surface area (TPSA) is 15.6 Å². The van der Waals surface area contributed by atoms with Crippen molar-refractivity contribution in [3.8, 4) is 0 Å². The van der Waals surface area contributed by atoms with E-state index in [2.05, 4.69) is 80.3 Å². The first-order valence-electron chi connectivity index (χ1n) is 11.6. The molecule has 3 heteroatoms. The molecule has 1 heterocycles. The van der Waals surface area contributed by atoms with Gasteiger partial charge in [0.25, 0.3) is 0 Å². The Kier molecular flexibility index (Phi) is 8.87. The molecule has 30 heavy (non-hydrogen) atoms. The van der Waals surface area contributed by atoms with Gasteiger partial charge in [-0.05, 0) is 49.0 Å². The summed E-state index contributed by atoms with van der Waals surface area (Å²) in [4.78, 5) is 0. The van der Waals surface area contributed by atoms with Crippen molar-refractivity contribution < 1.29 is 0 Å². The summed E-state index contributed by atoms with van der Waals surface area (Å²) in [5.41, 5.74) is 3.67. The van der Waals surface area contributed by atoms with Crippen LogP contribution in [0.4, 0.5) is 0 Å². The molecule has 1 saturated carbocycles. The zero-order chi connectivity index (χ0) is 21.3. The van der Waals surface area contributed by atoms with Crippen LogP contribution in [-0.2, 0) is 0 Å². The Bertz CT molecular complexity index is 756. The van der Waals surface area contributed by atoms with Gasteiger partial charge in [0.15, 0.2) is 0 Å². The van der Waals surface area contributed by atoms with E-state index >= 15 is 0 Å². The van der Waals surface area contributed by atoms with Crippen molar-refractivity contribution in [1.82, 2.24) is 5.01 Å². The van der Waals surface area contributed by atoms with Gasteiger partial charge in [-0.15, -0.1) is 11.8 Å². The summed E-state index contributed by atoms with van der Waals surface area (Å²) < 4.78 is 0. The van der Waals surface area contributed by atoms with E-state index in [1.54, 1.807) is 0 Å². The second-order valence-corrected chi connectivity index (χ2v) is 9.60. The van der Waals surface area contributed by atoms with Crippen LogP contribution in [0.25, 0.3) is 0 Å². The Morgan fingerprint density at radius 3 is 2.47 bits per heavy atom. The van der Waals surface area contributed by atoms with Crippen molar-refractivity contribution in [1.29, 1.82) is 0 Å². The molecule has 162 valence electrons. The highest BCUT2D eigenvalue weighted by molar-refractivity contribution is 7.99. The molecule has 0 saturated heterocycles. The molecule has 1 aromatic rings. The second kappa shape index (κ2) is 11.6. The fraction of sp³-hybridized carbons (Fsp3) is 0.519. The van der Waals surface area contributed by atoms with Gasteiger partial charge in [0.2, 0.25) is 0 Å². The Balaban J connectivity index is 1.84. The van der Waals surface area contributed by atoms with Gasteiger partial charge in [-0.1, -0.05) is 93.8 Å². The summed E-state index contributed by atoms with van der Waals surface area (Å²) in [6.07, 6.45) is 18.9. The Labute approximate surface area is 188 Å². The van der Waals surface area contributed by atoms with Crippen LogP contribution in [0.15, 0.2) is 71.9 Å². The Morgan fingerprint density at radius 1 is 1.17 bits per heavy atom. The number of thioether (sulfide) groups is 1. The molecule has 1 aromatic carbocycles. The van der Waals surface area contributed by atoms with E-state index in [0.717, 1.165) is 18.4 Å². The molecule has 2 aliphatic rings. The molecule has 0 spiro atoms. The summed E-state index contributed by atoms with van der Waals surface area (Å²) in [6, 6.07) is 10.7. The van der Waals surface area contributed by atoms with Crippen molar-refractivity contribution in [2.75, 3.05) is 12.8 Å². The quantitative estimate of drug-likeness (QED) is 0.388. The minimum Gasteiger partial charge on any atom is -0.282 e. The Hall–Kier alpha value is -1.74. The number of hydrogen-bond donors (Lipinski definition) is 0. The van der Waals surface area contributed by atoms with E-state index in [-0.39, 0.29) is 5.92 Å². The fourth-order valence-electron chi connectivity index (χ4n) is 5.02. The van der Waals surface area contributed by atoms with Gasteiger partial charge < -0.3 is 0 Å². The van der Waals surface area contributed by atoms with Gasteiger partial charge in [-0.2, -0.15) is 5.10 Å². The molecule has 1 fully saturated rings. The maximum absolute atomic E-state index is 5.23. The first-order chi connectivity index (χ1) is 14.7. The first kappa shape index (κ1) is 22.9. The van der Waals surface area contributed by atoms with E-state index in [9.17, 15) is 0 Å². The molecule has 3 rings (SSSR count). The monoisotopic (exact) mass is 422 g/mol. The second-order valence-electron chi connectivity index (χ2n) is 8.65. The molecule has 1 aliphatic carbocycles. The number of hydrogen-bond acceptors (Lipinski definition) is 3. The molecule has 2 nitrogen and oxygen atoms in total. The lowest BCUT2D eigenvalue weighted by atomic mass is 9.80. The average Bonchev–Trinajstić information content (AvgIpc) is 3.14. The summed E-state index contributed by atoms with van der Waals surface area (Å²) in [5, 5.41) is 7.96. The largest absolute Gasteiger partial charge is 0.282 e.